The maximum absolute atomic E-state index is 12.5. The third-order valence-electron chi connectivity index (χ3n) is 4.91. The third kappa shape index (κ3) is 3.75. The third-order valence-corrected chi connectivity index (χ3v) is 4.91. The van der Waals surface area contributed by atoms with Crippen LogP contribution in [0.1, 0.15) is 22.8 Å². The molecule has 1 aliphatic rings. The highest BCUT2D eigenvalue weighted by molar-refractivity contribution is 5.99. The summed E-state index contributed by atoms with van der Waals surface area (Å²) in [6.07, 6.45) is 1.98. The molecule has 1 fully saturated rings. The Morgan fingerprint density at radius 3 is 2.63 bits per heavy atom. The van der Waals surface area contributed by atoms with Crippen LogP contribution >= 0.6 is 0 Å². The largest absolute Gasteiger partial charge is 0.462 e. The highest BCUT2D eigenvalue weighted by atomic mass is 16.5. The first kappa shape index (κ1) is 17.8. The normalized spacial score (nSPS) is 15.1. The molecule has 0 spiro atoms. The zero-order valence-electron chi connectivity index (χ0n) is 15.6. The van der Waals surface area contributed by atoms with Gasteiger partial charge in [0.15, 0.2) is 0 Å². The number of rotatable bonds is 5. The van der Waals surface area contributed by atoms with E-state index in [0.29, 0.717) is 12.2 Å². The van der Waals surface area contributed by atoms with Gasteiger partial charge in [0, 0.05) is 31.3 Å². The number of benzene rings is 1. The van der Waals surface area contributed by atoms with E-state index in [2.05, 4.69) is 29.2 Å². The molecule has 1 saturated heterocycles. The van der Waals surface area contributed by atoms with Gasteiger partial charge in [-0.2, -0.15) is 0 Å². The zero-order valence-corrected chi connectivity index (χ0v) is 15.6. The van der Waals surface area contributed by atoms with Crippen molar-refractivity contribution in [2.45, 2.75) is 13.5 Å². The van der Waals surface area contributed by atoms with E-state index in [1.807, 2.05) is 41.8 Å². The van der Waals surface area contributed by atoms with E-state index in [1.165, 1.54) is 5.56 Å². The molecule has 5 heteroatoms. The predicted molar refractivity (Wildman–Crippen MR) is 105 cm³/mol. The number of nitrogens with zero attached hydrogens (tertiary/aromatic N) is 2. The maximum atomic E-state index is 12.5. The van der Waals surface area contributed by atoms with Crippen LogP contribution in [0.15, 0.2) is 54.7 Å². The van der Waals surface area contributed by atoms with Gasteiger partial charge in [0.05, 0.1) is 31.1 Å². The van der Waals surface area contributed by atoms with Crippen LogP contribution in [0, 0.1) is 0 Å². The molecular formula is C22H24N2O3. The van der Waals surface area contributed by atoms with Gasteiger partial charge < -0.3 is 13.9 Å². The Labute approximate surface area is 159 Å². The fourth-order valence-corrected chi connectivity index (χ4v) is 3.57. The van der Waals surface area contributed by atoms with Crippen molar-refractivity contribution in [3.63, 3.8) is 0 Å². The summed E-state index contributed by atoms with van der Waals surface area (Å²) in [5.74, 6) is -0.284. The lowest BCUT2D eigenvalue weighted by Gasteiger charge is -2.26. The van der Waals surface area contributed by atoms with Crippen LogP contribution in [0.4, 0.5) is 0 Å². The van der Waals surface area contributed by atoms with Gasteiger partial charge in [0.2, 0.25) is 0 Å². The molecule has 1 aromatic carbocycles. The minimum atomic E-state index is -0.284. The Hall–Kier alpha value is -2.63. The summed E-state index contributed by atoms with van der Waals surface area (Å²) >= 11 is 0. The number of hydrogen-bond acceptors (Lipinski definition) is 4. The van der Waals surface area contributed by atoms with Crippen molar-refractivity contribution in [2.75, 3.05) is 32.9 Å². The molecule has 3 heterocycles. The van der Waals surface area contributed by atoms with E-state index in [1.54, 1.807) is 0 Å². The summed E-state index contributed by atoms with van der Waals surface area (Å²) in [6, 6.07) is 16.3. The van der Waals surface area contributed by atoms with Crippen molar-refractivity contribution >= 4 is 11.5 Å². The van der Waals surface area contributed by atoms with E-state index >= 15 is 0 Å². The molecule has 5 nitrogen and oxygen atoms in total. The van der Waals surface area contributed by atoms with Crippen LogP contribution < -0.4 is 0 Å². The molecule has 0 aliphatic carbocycles. The van der Waals surface area contributed by atoms with Crippen LogP contribution in [0.3, 0.4) is 0 Å². The van der Waals surface area contributed by atoms with Gasteiger partial charge in [0.1, 0.15) is 0 Å². The van der Waals surface area contributed by atoms with Crippen LogP contribution in [-0.4, -0.2) is 48.2 Å². The first-order valence-corrected chi connectivity index (χ1v) is 9.43. The molecule has 0 unspecified atom stereocenters. The van der Waals surface area contributed by atoms with E-state index in [9.17, 15) is 4.79 Å². The monoisotopic (exact) mass is 364 g/mol. The second-order valence-electron chi connectivity index (χ2n) is 6.71. The number of carbonyl (C=O) groups excluding carboxylic acids is 1. The van der Waals surface area contributed by atoms with Crippen LogP contribution in [0.2, 0.25) is 0 Å². The van der Waals surface area contributed by atoms with Crippen molar-refractivity contribution in [1.29, 1.82) is 0 Å². The van der Waals surface area contributed by atoms with Crippen molar-refractivity contribution in [1.82, 2.24) is 9.30 Å². The fraction of sp³-hybridized carbons (Fsp3) is 0.318. The fourth-order valence-electron chi connectivity index (χ4n) is 3.57. The first-order chi connectivity index (χ1) is 13.3. The average Bonchev–Trinajstić information content (AvgIpc) is 3.09. The lowest BCUT2D eigenvalue weighted by Crippen LogP contribution is -2.35. The molecule has 0 radical (unpaired) electrons. The molecular weight excluding hydrogens is 340 g/mol. The summed E-state index contributed by atoms with van der Waals surface area (Å²) < 4.78 is 12.7. The zero-order chi connectivity index (χ0) is 18.6. The quantitative estimate of drug-likeness (QED) is 0.649. The summed E-state index contributed by atoms with van der Waals surface area (Å²) in [5.41, 5.74) is 4.73. The van der Waals surface area contributed by atoms with Crippen molar-refractivity contribution in [3.8, 4) is 11.3 Å². The van der Waals surface area contributed by atoms with E-state index in [0.717, 1.165) is 49.6 Å². The summed E-state index contributed by atoms with van der Waals surface area (Å²) in [4.78, 5) is 14.9. The van der Waals surface area contributed by atoms with E-state index < -0.39 is 0 Å². The Balaban J connectivity index is 1.66. The number of fused-ring (bicyclic) bond motifs is 1. The smallest absolute Gasteiger partial charge is 0.340 e. The van der Waals surface area contributed by atoms with Crippen LogP contribution in [0.5, 0.6) is 0 Å². The van der Waals surface area contributed by atoms with Gasteiger partial charge in [-0.1, -0.05) is 30.3 Å². The Morgan fingerprint density at radius 1 is 1.11 bits per heavy atom. The van der Waals surface area contributed by atoms with Gasteiger partial charge >= 0.3 is 5.97 Å². The molecule has 140 valence electrons. The number of morpholine rings is 1. The highest BCUT2D eigenvalue weighted by Gasteiger charge is 2.19. The lowest BCUT2D eigenvalue weighted by atomic mass is 10.1. The number of aromatic nitrogens is 1. The minimum absolute atomic E-state index is 0.284. The molecule has 0 N–H and O–H groups in total. The van der Waals surface area contributed by atoms with E-state index in [-0.39, 0.29) is 5.97 Å². The second kappa shape index (κ2) is 7.94. The lowest BCUT2D eigenvalue weighted by molar-refractivity contribution is 0.0342. The Morgan fingerprint density at radius 2 is 1.89 bits per heavy atom. The minimum Gasteiger partial charge on any atom is -0.462 e. The van der Waals surface area contributed by atoms with Gasteiger partial charge in [-0.3, -0.25) is 4.90 Å². The SMILES string of the molecule is CCOC(=O)c1cc2ccccn2c1-c1ccc(CN2CCOCC2)cc1. The van der Waals surface area contributed by atoms with Gasteiger partial charge in [-0.05, 0) is 36.2 Å². The molecule has 0 bridgehead atoms. The molecule has 0 amide bonds. The molecule has 3 aromatic rings. The van der Waals surface area contributed by atoms with Gasteiger partial charge in [-0.15, -0.1) is 0 Å². The molecule has 1 aliphatic heterocycles. The van der Waals surface area contributed by atoms with Crippen molar-refractivity contribution in [3.05, 3.63) is 65.9 Å². The summed E-state index contributed by atoms with van der Waals surface area (Å²) in [5, 5.41) is 0. The van der Waals surface area contributed by atoms with Crippen LogP contribution in [0.25, 0.3) is 16.8 Å². The first-order valence-electron chi connectivity index (χ1n) is 9.43. The van der Waals surface area contributed by atoms with Gasteiger partial charge in [-0.25, -0.2) is 4.79 Å². The summed E-state index contributed by atoms with van der Waals surface area (Å²) in [6.45, 7) is 6.66. The molecule has 27 heavy (non-hydrogen) atoms. The maximum Gasteiger partial charge on any atom is 0.340 e. The average molecular weight is 364 g/mol. The standard InChI is InChI=1S/C22H24N2O3/c1-2-27-22(25)20-15-19-5-3-4-10-24(19)21(20)18-8-6-17(7-9-18)16-23-11-13-26-14-12-23/h3-10,15H,2,11-14,16H2,1H3. The number of ether oxygens (including phenoxy) is 2. The number of hydrogen-bond donors (Lipinski definition) is 0. The van der Waals surface area contributed by atoms with Crippen LogP contribution in [-0.2, 0) is 16.0 Å². The highest BCUT2D eigenvalue weighted by Crippen LogP contribution is 2.29. The number of esters is 1. The number of carbonyl (C=O) groups is 1. The molecule has 0 atom stereocenters. The van der Waals surface area contributed by atoms with Crippen molar-refractivity contribution in [2.24, 2.45) is 0 Å². The Kier molecular flexibility index (Phi) is 5.23. The topological polar surface area (TPSA) is 43.2 Å². The molecule has 2 aromatic heterocycles. The number of pyridine rings is 1. The molecule has 4 rings (SSSR count). The second-order valence-corrected chi connectivity index (χ2v) is 6.71. The molecule has 0 saturated carbocycles. The predicted octanol–water partition coefficient (Wildman–Crippen LogP) is 3.62. The Bertz CT molecular complexity index is 924. The van der Waals surface area contributed by atoms with Gasteiger partial charge in [0.25, 0.3) is 0 Å². The van der Waals surface area contributed by atoms with Crippen molar-refractivity contribution < 1.29 is 14.3 Å². The summed E-state index contributed by atoms with van der Waals surface area (Å²) in [7, 11) is 0. The van der Waals surface area contributed by atoms with E-state index in [4.69, 9.17) is 9.47 Å².